The van der Waals surface area contributed by atoms with Gasteiger partial charge in [0.2, 0.25) is 0 Å². The van der Waals surface area contributed by atoms with Gasteiger partial charge in [0.05, 0.1) is 0 Å². The van der Waals surface area contributed by atoms with Gasteiger partial charge in [0.25, 0.3) is 0 Å². The third-order valence-electron chi connectivity index (χ3n) is 2.75. The number of carbonyl (C=O) groups excluding carboxylic acids is 1. The smallest absolute Gasteiger partial charge is 0.441 e. The minimum absolute atomic E-state index is 0.0872. The molecular weight excluding hydrogens is 303 g/mol. The molecule has 1 atom stereocenters. The first-order chi connectivity index (χ1) is 9.78. The van der Waals surface area contributed by atoms with Crippen LogP contribution in [0.3, 0.4) is 0 Å². The molecule has 0 fully saturated rings. The molecule has 1 rings (SSSR count). The predicted octanol–water partition coefficient (Wildman–Crippen LogP) is 4.19. The Morgan fingerprint density at radius 1 is 1.29 bits per heavy atom. The number of hydrogen-bond acceptors (Lipinski definition) is 3. The monoisotopic (exact) mass is 321 g/mol. The molecule has 0 aliphatic carbocycles. The topological polar surface area (TPSA) is 38.3 Å². The van der Waals surface area contributed by atoms with Crippen molar-refractivity contribution in [1.82, 2.24) is 5.32 Å². The van der Waals surface area contributed by atoms with Crippen molar-refractivity contribution in [2.24, 2.45) is 5.92 Å². The molecule has 7 heteroatoms. The second-order valence-electron chi connectivity index (χ2n) is 4.81. The summed E-state index contributed by atoms with van der Waals surface area (Å²) in [5.41, 5.74) is -3.48. The van der Waals surface area contributed by atoms with E-state index >= 15 is 0 Å². The van der Waals surface area contributed by atoms with E-state index in [9.17, 15) is 18.0 Å². The lowest BCUT2D eigenvalue weighted by molar-refractivity contribution is -0.0329. The summed E-state index contributed by atoms with van der Waals surface area (Å²) >= 11 is -0.144. The number of alkyl halides is 3. The summed E-state index contributed by atoms with van der Waals surface area (Å²) in [7, 11) is 0. The highest BCUT2D eigenvalue weighted by atomic mass is 32.2. The van der Waals surface area contributed by atoms with E-state index in [1.54, 1.807) is 26.0 Å². The molecule has 21 heavy (non-hydrogen) atoms. The Hall–Kier alpha value is -1.37. The van der Waals surface area contributed by atoms with Crippen LogP contribution >= 0.6 is 11.8 Å². The number of thioether (sulfide) groups is 1. The summed E-state index contributed by atoms with van der Waals surface area (Å²) in [6.45, 7) is 3.59. The highest BCUT2D eigenvalue weighted by Crippen LogP contribution is 2.31. The van der Waals surface area contributed by atoms with Crippen LogP contribution in [0.2, 0.25) is 0 Å². The van der Waals surface area contributed by atoms with Gasteiger partial charge in [0, 0.05) is 11.8 Å². The Morgan fingerprint density at radius 2 is 1.90 bits per heavy atom. The molecule has 0 aliphatic rings. The van der Waals surface area contributed by atoms with Gasteiger partial charge in [-0.1, -0.05) is 44.2 Å². The highest BCUT2D eigenvalue weighted by molar-refractivity contribution is 8.00. The number of hydrogen-bond donors (Lipinski definition) is 1. The van der Waals surface area contributed by atoms with Crippen LogP contribution in [-0.2, 0) is 11.3 Å². The Balaban J connectivity index is 2.42. The summed E-state index contributed by atoms with van der Waals surface area (Å²) in [6, 6.07) is 8.47. The highest BCUT2D eigenvalue weighted by Gasteiger charge is 2.31. The Labute approximate surface area is 126 Å². The first-order valence-corrected chi connectivity index (χ1v) is 7.44. The minimum Gasteiger partial charge on any atom is -0.445 e. The summed E-state index contributed by atoms with van der Waals surface area (Å²) in [4.78, 5) is 11.6. The third kappa shape index (κ3) is 7.84. The predicted molar refractivity (Wildman–Crippen MR) is 76.9 cm³/mol. The standard InChI is InChI=1S/C14H18F3NO2S/c1-10(2)12(9-21-14(15,16)17)18-13(19)20-8-11-6-4-3-5-7-11/h3-7,10,12H,8-9H2,1-2H3,(H,18,19). The molecule has 3 nitrogen and oxygen atoms in total. The van der Waals surface area contributed by atoms with Crippen LogP contribution in [0.25, 0.3) is 0 Å². The van der Waals surface area contributed by atoms with Crippen molar-refractivity contribution in [3.05, 3.63) is 35.9 Å². The van der Waals surface area contributed by atoms with Gasteiger partial charge in [-0.05, 0) is 23.2 Å². The number of nitrogens with one attached hydrogen (secondary N) is 1. The molecule has 0 aliphatic heterocycles. The van der Waals surface area contributed by atoms with E-state index in [0.29, 0.717) is 0 Å². The van der Waals surface area contributed by atoms with E-state index in [0.717, 1.165) is 5.56 Å². The molecule has 0 saturated heterocycles. The maximum Gasteiger partial charge on any atom is 0.441 e. The van der Waals surface area contributed by atoms with Crippen LogP contribution in [-0.4, -0.2) is 23.4 Å². The summed E-state index contributed by atoms with van der Waals surface area (Å²) in [5, 5.41) is 2.48. The zero-order valence-corrected chi connectivity index (χ0v) is 12.6. The van der Waals surface area contributed by atoms with Crippen molar-refractivity contribution >= 4 is 17.9 Å². The third-order valence-corrected chi connectivity index (χ3v) is 3.60. The Kier molecular flexibility index (Phi) is 6.87. The molecule has 1 aromatic rings. The molecule has 1 amide bonds. The van der Waals surface area contributed by atoms with Crippen molar-refractivity contribution in [3.63, 3.8) is 0 Å². The number of alkyl carbamates (subject to hydrolysis) is 1. The molecule has 118 valence electrons. The maximum atomic E-state index is 12.2. The van der Waals surface area contributed by atoms with Gasteiger partial charge in [0.1, 0.15) is 6.61 Å². The fourth-order valence-electron chi connectivity index (χ4n) is 1.50. The average Bonchev–Trinajstić information content (AvgIpc) is 2.41. The largest absolute Gasteiger partial charge is 0.445 e. The van der Waals surface area contributed by atoms with Crippen LogP contribution in [0.1, 0.15) is 19.4 Å². The van der Waals surface area contributed by atoms with E-state index in [2.05, 4.69) is 5.32 Å². The number of halogens is 3. The van der Waals surface area contributed by atoms with Gasteiger partial charge in [-0.15, -0.1) is 0 Å². The molecule has 1 N–H and O–H groups in total. The number of amides is 1. The molecule has 0 spiro atoms. The van der Waals surface area contributed by atoms with Crippen molar-refractivity contribution < 1.29 is 22.7 Å². The molecule has 0 radical (unpaired) electrons. The first-order valence-electron chi connectivity index (χ1n) is 6.46. The van der Waals surface area contributed by atoms with Crippen molar-refractivity contribution in [2.45, 2.75) is 32.0 Å². The molecule has 1 aromatic carbocycles. The van der Waals surface area contributed by atoms with Gasteiger partial charge >= 0.3 is 11.6 Å². The van der Waals surface area contributed by atoms with Gasteiger partial charge in [-0.25, -0.2) is 4.79 Å². The van der Waals surface area contributed by atoms with Crippen LogP contribution in [0.4, 0.5) is 18.0 Å². The zero-order valence-electron chi connectivity index (χ0n) is 11.8. The number of ether oxygens (including phenoxy) is 1. The van der Waals surface area contributed by atoms with Crippen molar-refractivity contribution in [1.29, 1.82) is 0 Å². The van der Waals surface area contributed by atoms with Gasteiger partial charge < -0.3 is 10.1 Å². The minimum atomic E-state index is -4.30. The second-order valence-corrected chi connectivity index (χ2v) is 5.90. The van der Waals surface area contributed by atoms with Gasteiger partial charge in [0.15, 0.2) is 0 Å². The molecule has 0 heterocycles. The SMILES string of the molecule is CC(C)C(CSC(F)(F)F)NC(=O)OCc1ccccc1. The fourth-order valence-corrected chi connectivity index (χ4v) is 2.34. The first kappa shape index (κ1) is 17.7. The quantitative estimate of drug-likeness (QED) is 0.854. The van der Waals surface area contributed by atoms with Crippen LogP contribution < -0.4 is 5.32 Å². The van der Waals surface area contributed by atoms with Crippen LogP contribution in [0.15, 0.2) is 30.3 Å². The second kappa shape index (κ2) is 8.17. The summed E-state index contributed by atoms with van der Waals surface area (Å²) in [6.07, 6.45) is -0.708. The fraction of sp³-hybridized carbons (Fsp3) is 0.500. The number of benzene rings is 1. The Bertz CT molecular complexity index is 438. The lowest BCUT2D eigenvalue weighted by atomic mass is 10.1. The number of rotatable bonds is 6. The Morgan fingerprint density at radius 3 is 2.43 bits per heavy atom. The summed E-state index contributed by atoms with van der Waals surface area (Å²) < 4.78 is 41.6. The molecule has 0 aromatic heterocycles. The van der Waals surface area contributed by atoms with Crippen molar-refractivity contribution in [3.8, 4) is 0 Å². The normalized spacial score (nSPS) is 13.0. The van der Waals surface area contributed by atoms with E-state index in [1.165, 1.54) is 0 Å². The molecule has 1 unspecified atom stereocenters. The van der Waals surface area contributed by atoms with Crippen LogP contribution in [0, 0.1) is 5.92 Å². The van der Waals surface area contributed by atoms with Gasteiger partial charge in [-0.3, -0.25) is 0 Å². The average molecular weight is 321 g/mol. The molecule has 0 bridgehead atoms. The maximum absolute atomic E-state index is 12.2. The number of carbonyl (C=O) groups is 1. The van der Waals surface area contributed by atoms with E-state index in [1.807, 2.05) is 18.2 Å². The van der Waals surface area contributed by atoms with Gasteiger partial charge in [-0.2, -0.15) is 13.2 Å². The zero-order chi connectivity index (χ0) is 15.9. The van der Waals surface area contributed by atoms with Crippen LogP contribution in [0.5, 0.6) is 0 Å². The lowest BCUT2D eigenvalue weighted by Gasteiger charge is -2.22. The summed E-state index contributed by atoms with van der Waals surface area (Å²) in [5.74, 6) is -0.356. The molecular formula is C14H18F3NO2S. The van der Waals surface area contributed by atoms with Crippen molar-refractivity contribution in [2.75, 3.05) is 5.75 Å². The lowest BCUT2D eigenvalue weighted by Crippen LogP contribution is -2.41. The van der Waals surface area contributed by atoms with E-state index in [4.69, 9.17) is 4.74 Å². The van der Waals surface area contributed by atoms with E-state index < -0.39 is 17.6 Å². The van der Waals surface area contributed by atoms with E-state index in [-0.39, 0.29) is 30.0 Å². The molecule has 0 saturated carbocycles.